The molecule has 0 aliphatic carbocycles. The van der Waals surface area contributed by atoms with Crippen LogP contribution in [-0.2, 0) is 5.41 Å². The Kier molecular flexibility index (Phi) is 5.08. The monoisotopic (exact) mass is 268 g/mol. The summed E-state index contributed by atoms with van der Waals surface area (Å²) in [5, 5.41) is 0. The van der Waals surface area contributed by atoms with Crippen molar-refractivity contribution in [2.24, 2.45) is 0 Å². The minimum Gasteiger partial charge on any atom is -0.547 e. The van der Waals surface area contributed by atoms with E-state index in [1.807, 2.05) is 12.6 Å². The average Bonchev–Trinajstić information content (AvgIpc) is 2.31. The van der Waals surface area contributed by atoms with Gasteiger partial charge in [-0.2, -0.15) is 0 Å². The van der Waals surface area contributed by atoms with Gasteiger partial charge in [0, 0.05) is 5.56 Å². The number of carbonyl (C=O) groups is 1. The van der Waals surface area contributed by atoms with Gasteiger partial charge < -0.3 is 4.43 Å². The fourth-order valence-corrected chi connectivity index (χ4v) is 2.81. The van der Waals surface area contributed by atoms with Gasteiger partial charge in [-0.25, -0.2) is 4.39 Å². The molecule has 1 aromatic rings. The van der Waals surface area contributed by atoms with Gasteiger partial charge in [-0.05, 0) is 24.4 Å². The normalized spacial score (nSPS) is 12.1. The molecule has 0 unspecified atom stereocenters. The molecule has 0 heterocycles. The third-order valence-corrected chi connectivity index (χ3v) is 3.72. The minimum absolute atomic E-state index is 0.0727. The predicted octanol–water partition coefficient (Wildman–Crippen LogP) is 3.23. The van der Waals surface area contributed by atoms with E-state index in [-0.39, 0.29) is 16.7 Å². The first kappa shape index (κ1) is 14.9. The first-order valence-electron chi connectivity index (χ1n) is 6.38. The highest BCUT2D eigenvalue weighted by Crippen LogP contribution is 2.37. The zero-order valence-corrected chi connectivity index (χ0v) is 13.0. The van der Waals surface area contributed by atoms with Crippen LogP contribution in [0.15, 0.2) is 12.1 Å². The van der Waals surface area contributed by atoms with Gasteiger partial charge in [-0.3, -0.25) is 4.79 Å². The van der Waals surface area contributed by atoms with E-state index in [1.165, 1.54) is 0 Å². The molecule has 0 aliphatic heterocycles. The van der Waals surface area contributed by atoms with Gasteiger partial charge in [-0.15, -0.1) is 0 Å². The molecule has 100 valence electrons. The Hall–Kier alpha value is -1.16. The Labute approximate surface area is 110 Å². The molecule has 2 nitrogen and oxygen atoms in total. The molecule has 0 aromatic heterocycles. The molecule has 0 N–H and O–H groups in total. The van der Waals surface area contributed by atoms with E-state index in [0.29, 0.717) is 6.29 Å². The molecular weight excluding hydrogens is 247 g/mol. The summed E-state index contributed by atoms with van der Waals surface area (Å²) >= 11 is 0. The molecule has 4 heteroatoms. The van der Waals surface area contributed by atoms with Gasteiger partial charge in [0.05, 0.1) is 5.56 Å². The summed E-state index contributed by atoms with van der Waals surface area (Å²) in [6, 6.07) is 3.36. The van der Waals surface area contributed by atoms with Crippen molar-refractivity contribution in [1.82, 2.24) is 0 Å². The van der Waals surface area contributed by atoms with Crippen LogP contribution in [0.1, 0.15) is 49.5 Å². The first-order valence-corrected chi connectivity index (χ1v) is 8.38. The quantitative estimate of drug-likeness (QED) is 0.585. The van der Waals surface area contributed by atoms with Crippen LogP contribution in [0.3, 0.4) is 0 Å². The van der Waals surface area contributed by atoms with Crippen molar-refractivity contribution in [2.45, 2.75) is 45.6 Å². The topological polar surface area (TPSA) is 26.3 Å². The number of carbonyl (C=O) groups excluding carboxylic acids is 1. The van der Waals surface area contributed by atoms with Gasteiger partial charge in [-0.1, -0.05) is 33.3 Å². The molecule has 0 amide bonds. The van der Waals surface area contributed by atoms with Crippen molar-refractivity contribution in [3.63, 3.8) is 0 Å². The zero-order chi connectivity index (χ0) is 13.8. The predicted molar refractivity (Wildman–Crippen MR) is 74.8 cm³/mol. The fourth-order valence-electron chi connectivity index (χ4n) is 2.24. The molecule has 0 fully saturated rings. The number of hydrogen-bond donors (Lipinski definition) is 0. The van der Waals surface area contributed by atoms with E-state index < -0.39 is 15.6 Å². The summed E-state index contributed by atoms with van der Waals surface area (Å²) in [6.45, 7) is 8.21. The van der Waals surface area contributed by atoms with Crippen molar-refractivity contribution in [3.05, 3.63) is 29.1 Å². The highest BCUT2D eigenvalue weighted by atomic mass is 28.2. The van der Waals surface area contributed by atoms with E-state index in [1.54, 1.807) is 6.07 Å². The molecule has 0 aliphatic rings. The van der Waals surface area contributed by atoms with Crippen LogP contribution < -0.4 is 4.43 Å². The summed E-state index contributed by atoms with van der Waals surface area (Å²) in [5.41, 5.74) is 0.793. The molecule has 0 atom stereocenters. The molecule has 0 saturated heterocycles. The summed E-state index contributed by atoms with van der Waals surface area (Å²) < 4.78 is 19.7. The maximum Gasteiger partial charge on any atom is 0.216 e. The molecule has 0 spiro atoms. The summed E-state index contributed by atoms with van der Waals surface area (Å²) in [7, 11) is -0.779. The lowest BCUT2D eigenvalue weighted by atomic mass is 9.80. The standard InChI is InChI=1S/C14H21FO2Si/c1-5-8-14(2,3)11-7-6-10(9-16)12(15)13(11)17-18-4/h6-7,9H,5,8,18H2,1-4H3. The highest BCUT2D eigenvalue weighted by molar-refractivity contribution is 6.26. The van der Waals surface area contributed by atoms with Gasteiger partial charge in [0.1, 0.15) is 5.75 Å². The smallest absolute Gasteiger partial charge is 0.216 e. The zero-order valence-electron chi connectivity index (χ0n) is 11.5. The highest BCUT2D eigenvalue weighted by Gasteiger charge is 2.26. The third kappa shape index (κ3) is 2.99. The average molecular weight is 268 g/mol. The van der Waals surface area contributed by atoms with E-state index in [9.17, 15) is 9.18 Å². The lowest BCUT2D eigenvalue weighted by Gasteiger charge is -2.27. The van der Waals surface area contributed by atoms with Crippen molar-refractivity contribution in [1.29, 1.82) is 0 Å². The molecule has 1 rings (SSSR count). The summed E-state index contributed by atoms with van der Waals surface area (Å²) in [4.78, 5) is 10.8. The maximum absolute atomic E-state index is 14.2. The van der Waals surface area contributed by atoms with Crippen LogP contribution >= 0.6 is 0 Å². The minimum atomic E-state index is -0.779. The number of hydrogen-bond acceptors (Lipinski definition) is 2. The second-order valence-corrected chi connectivity index (χ2v) is 5.90. The summed E-state index contributed by atoms with van der Waals surface area (Å²) in [6.07, 6.45) is 2.51. The van der Waals surface area contributed by atoms with Crippen molar-refractivity contribution >= 4 is 16.0 Å². The number of halogens is 1. The van der Waals surface area contributed by atoms with Crippen molar-refractivity contribution in [3.8, 4) is 5.75 Å². The second-order valence-electron chi connectivity index (χ2n) is 5.03. The van der Waals surface area contributed by atoms with Crippen LogP contribution in [0.4, 0.5) is 4.39 Å². The molecule has 1 aromatic carbocycles. The Balaban J connectivity index is 3.35. The van der Waals surface area contributed by atoms with Gasteiger partial charge in [0.25, 0.3) is 0 Å². The van der Waals surface area contributed by atoms with Crippen molar-refractivity contribution in [2.75, 3.05) is 0 Å². The van der Waals surface area contributed by atoms with Crippen LogP contribution in [0.5, 0.6) is 5.75 Å². The molecule has 0 radical (unpaired) electrons. The number of benzene rings is 1. The number of aldehydes is 1. The number of rotatable bonds is 6. The Bertz CT molecular complexity index is 430. The van der Waals surface area contributed by atoms with Crippen molar-refractivity contribution < 1.29 is 13.6 Å². The van der Waals surface area contributed by atoms with E-state index in [0.717, 1.165) is 18.4 Å². The lowest BCUT2D eigenvalue weighted by molar-refractivity contribution is 0.111. The Morgan fingerprint density at radius 1 is 1.44 bits per heavy atom. The van der Waals surface area contributed by atoms with Crippen LogP contribution in [-0.4, -0.2) is 16.0 Å². The fraction of sp³-hybridized carbons (Fsp3) is 0.500. The Morgan fingerprint density at radius 2 is 2.11 bits per heavy atom. The van der Waals surface area contributed by atoms with Crippen LogP contribution in [0.25, 0.3) is 0 Å². The lowest BCUT2D eigenvalue weighted by Crippen LogP contribution is -2.20. The van der Waals surface area contributed by atoms with E-state index in [2.05, 4.69) is 20.8 Å². The second kappa shape index (κ2) is 6.14. The van der Waals surface area contributed by atoms with Gasteiger partial charge >= 0.3 is 0 Å². The van der Waals surface area contributed by atoms with Gasteiger partial charge in [0.2, 0.25) is 9.76 Å². The summed E-state index contributed by atoms with van der Waals surface area (Å²) in [5.74, 6) is -0.228. The molecular formula is C14H21FO2Si. The molecule has 18 heavy (non-hydrogen) atoms. The maximum atomic E-state index is 14.2. The molecule has 0 bridgehead atoms. The Morgan fingerprint density at radius 3 is 2.61 bits per heavy atom. The third-order valence-electron chi connectivity index (χ3n) is 3.15. The largest absolute Gasteiger partial charge is 0.547 e. The SMILES string of the molecule is CCCC(C)(C)c1ccc(C=O)c(F)c1O[SiH2]C. The first-order chi connectivity index (χ1) is 8.47. The molecule has 0 saturated carbocycles. The van der Waals surface area contributed by atoms with Crippen LogP contribution in [0.2, 0.25) is 6.55 Å². The van der Waals surface area contributed by atoms with E-state index in [4.69, 9.17) is 4.43 Å². The van der Waals surface area contributed by atoms with Crippen LogP contribution in [0, 0.1) is 5.82 Å². The van der Waals surface area contributed by atoms with Gasteiger partial charge in [0.15, 0.2) is 12.1 Å². The van der Waals surface area contributed by atoms with E-state index >= 15 is 0 Å².